The molecule has 2 heterocycles. The van der Waals surface area contributed by atoms with Crippen molar-refractivity contribution in [2.45, 2.75) is 12.1 Å². The van der Waals surface area contributed by atoms with Crippen LogP contribution in [0.3, 0.4) is 0 Å². The maximum absolute atomic E-state index is 13.8. The van der Waals surface area contributed by atoms with Crippen LogP contribution in [0.4, 0.5) is 11.4 Å². The Balaban J connectivity index is 1.67. The van der Waals surface area contributed by atoms with Gasteiger partial charge in [-0.05, 0) is 30.3 Å². The molecule has 5 rings (SSSR count). The van der Waals surface area contributed by atoms with Crippen molar-refractivity contribution in [3.63, 3.8) is 0 Å². The number of hydrogen-bond donors (Lipinski definition) is 0. The molecule has 0 aromatic heterocycles. The summed E-state index contributed by atoms with van der Waals surface area (Å²) in [5.74, 6) is -0.342. The number of imide groups is 1. The van der Waals surface area contributed by atoms with Gasteiger partial charge in [0.1, 0.15) is 17.7 Å². The molecule has 0 aliphatic carbocycles. The summed E-state index contributed by atoms with van der Waals surface area (Å²) in [4.78, 5) is 34.6. The third-order valence-electron chi connectivity index (χ3n) is 6.27. The highest BCUT2D eigenvalue weighted by Gasteiger charge is 2.61. The highest BCUT2D eigenvalue weighted by atomic mass is 35.5. The average Bonchev–Trinajstić information content (AvgIpc) is 3.39. The van der Waals surface area contributed by atoms with Crippen LogP contribution in [0.2, 0.25) is 5.02 Å². The Morgan fingerprint density at radius 2 is 1.43 bits per heavy atom. The Morgan fingerprint density at radius 3 is 2.09 bits per heavy atom. The number of ether oxygens (including phenoxy) is 3. The molecule has 2 saturated heterocycles. The van der Waals surface area contributed by atoms with Crippen molar-refractivity contribution < 1.29 is 28.6 Å². The molecule has 0 bridgehead atoms. The number of para-hydroxylation sites is 2. The smallest absolute Gasteiger partial charge is 0.266 e. The van der Waals surface area contributed by atoms with Gasteiger partial charge in [-0.15, -0.1) is 0 Å². The molecule has 0 radical (unpaired) electrons. The number of carbonyl (C=O) groups is 2. The van der Waals surface area contributed by atoms with Crippen LogP contribution < -0.4 is 24.2 Å². The van der Waals surface area contributed by atoms with Crippen molar-refractivity contribution in [2.75, 3.05) is 31.3 Å². The molecule has 2 amide bonds. The van der Waals surface area contributed by atoms with Crippen LogP contribution in [0, 0.1) is 5.92 Å². The molecular weight excluding hydrogens is 472 g/mol. The Labute approximate surface area is 207 Å². The molecule has 2 fully saturated rings. The molecule has 2 aliphatic heterocycles. The van der Waals surface area contributed by atoms with Gasteiger partial charge in [0.05, 0.1) is 37.7 Å². The first kappa shape index (κ1) is 23.0. The van der Waals surface area contributed by atoms with Crippen LogP contribution in [0.1, 0.15) is 11.6 Å². The van der Waals surface area contributed by atoms with E-state index in [1.165, 1.54) is 21.3 Å². The van der Waals surface area contributed by atoms with E-state index in [4.69, 9.17) is 30.6 Å². The summed E-state index contributed by atoms with van der Waals surface area (Å²) < 4.78 is 16.6. The number of anilines is 2. The van der Waals surface area contributed by atoms with Crippen molar-refractivity contribution in [3.8, 4) is 17.2 Å². The van der Waals surface area contributed by atoms with Gasteiger partial charge in [0.25, 0.3) is 5.91 Å². The van der Waals surface area contributed by atoms with E-state index in [-0.39, 0.29) is 0 Å². The molecule has 3 aromatic carbocycles. The fraction of sp³-hybridized carbons (Fsp3) is 0.231. The average molecular weight is 495 g/mol. The van der Waals surface area contributed by atoms with E-state index in [1.807, 2.05) is 30.3 Å². The molecule has 0 N–H and O–H groups in total. The van der Waals surface area contributed by atoms with Gasteiger partial charge in [-0.1, -0.05) is 41.9 Å². The van der Waals surface area contributed by atoms with Gasteiger partial charge >= 0.3 is 0 Å². The second-order valence-electron chi connectivity index (χ2n) is 8.07. The Hall–Kier alpha value is -3.75. The number of halogens is 1. The summed E-state index contributed by atoms with van der Waals surface area (Å²) in [6.45, 7) is 0. The molecule has 0 spiro atoms. The maximum atomic E-state index is 13.8. The number of nitrogens with zero attached hydrogens (tertiary/aromatic N) is 2. The lowest BCUT2D eigenvalue weighted by Crippen LogP contribution is -2.37. The first-order valence-corrected chi connectivity index (χ1v) is 11.3. The van der Waals surface area contributed by atoms with Crippen LogP contribution in [-0.2, 0) is 14.4 Å². The Kier molecular flexibility index (Phi) is 6.00. The molecule has 8 nitrogen and oxygen atoms in total. The van der Waals surface area contributed by atoms with Crippen LogP contribution in [-0.4, -0.2) is 39.2 Å². The molecular formula is C26H23ClN2O6. The number of rotatable bonds is 6. The maximum Gasteiger partial charge on any atom is 0.266 e. The summed E-state index contributed by atoms with van der Waals surface area (Å²) in [5, 5.41) is 1.90. The second-order valence-corrected chi connectivity index (χ2v) is 8.48. The predicted octanol–water partition coefficient (Wildman–Crippen LogP) is 4.42. The van der Waals surface area contributed by atoms with E-state index >= 15 is 0 Å². The van der Waals surface area contributed by atoms with Gasteiger partial charge in [-0.2, -0.15) is 0 Å². The number of methoxy groups -OCH3 is 3. The monoisotopic (exact) mass is 494 g/mol. The van der Waals surface area contributed by atoms with Crippen molar-refractivity contribution in [2.24, 2.45) is 5.92 Å². The topological polar surface area (TPSA) is 77.5 Å². The molecule has 0 unspecified atom stereocenters. The van der Waals surface area contributed by atoms with E-state index in [0.717, 1.165) is 4.90 Å². The zero-order valence-electron chi connectivity index (χ0n) is 19.3. The lowest BCUT2D eigenvalue weighted by molar-refractivity contribution is -0.126. The fourth-order valence-corrected chi connectivity index (χ4v) is 4.90. The first-order chi connectivity index (χ1) is 17.0. The number of carbonyl (C=O) groups excluding carboxylic acids is 2. The molecule has 9 heteroatoms. The summed E-state index contributed by atoms with van der Waals surface area (Å²) in [7, 11) is 4.59. The quantitative estimate of drug-likeness (QED) is 0.469. The summed E-state index contributed by atoms with van der Waals surface area (Å²) in [6, 6.07) is 18.8. The lowest BCUT2D eigenvalue weighted by Gasteiger charge is -2.30. The van der Waals surface area contributed by atoms with Crippen LogP contribution in [0.5, 0.6) is 17.2 Å². The molecule has 180 valence electrons. The Morgan fingerprint density at radius 1 is 0.800 bits per heavy atom. The van der Waals surface area contributed by atoms with E-state index < -0.39 is 29.9 Å². The Bertz CT molecular complexity index is 1280. The molecule has 2 aliphatic rings. The fourth-order valence-electron chi connectivity index (χ4n) is 4.68. The van der Waals surface area contributed by atoms with Gasteiger partial charge in [0.2, 0.25) is 5.91 Å². The van der Waals surface area contributed by atoms with E-state index in [0.29, 0.717) is 39.2 Å². The van der Waals surface area contributed by atoms with Crippen molar-refractivity contribution in [1.82, 2.24) is 0 Å². The largest absolute Gasteiger partial charge is 0.496 e. The minimum atomic E-state index is -1.04. The predicted molar refractivity (Wildman–Crippen MR) is 130 cm³/mol. The molecule has 3 atom stereocenters. The van der Waals surface area contributed by atoms with Crippen molar-refractivity contribution >= 4 is 34.8 Å². The number of benzene rings is 3. The lowest BCUT2D eigenvalue weighted by atomic mass is 9.89. The van der Waals surface area contributed by atoms with Crippen LogP contribution in [0.25, 0.3) is 0 Å². The number of amides is 2. The zero-order valence-corrected chi connectivity index (χ0v) is 20.1. The summed E-state index contributed by atoms with van der Waals surface area (Å²) >= 11 is 6.34. The SMILES string of the molecule is COc1cc(OC)c([C@@H]2[C@H]3C(=O)N(c4ccccc4Cl)C(=O)[C@@H]3ON2c2ccccc2)cc1OC. The second kappa shape index (κ2) is 9.13. The van der Waals surface area contributed by atoms with Crippen molar-refractivity contribution in [1.29, 1.82) is 0 Å². The zero-order chi connectivity index (χ0) is 24.7. The van der Waals surface area contributed by atoms with Crippen LogP contribution in [0.15, 0.2) is 66.7 Å². The normalized spacial score (nSPS) is 21.3. The van der Waals surface area contributed by atoms with E-state index in [2.05, 4.69) is 0 Å². The third-order valence-corrected chi connectivity index (χ3v) is 6.59. The molecule has 35 heavy (non-hydrogen) atoms. The first-order valence-electron chi connectivity index (χ1n) is 10.9. The summed E-state index contributed by atoms with van der Waals surface area (Å²) in [5.41, 5.74) is 1.63. The molecule has 3 aromatic rings. The van der Waals surface area contributed by atoms with E-state index in [1.54, 1.807) is 41.5 Å². The third kappa shape index (κ3) is 3.66. The van der Waals surface area contributed by atoms with Gasteiger partial charge in [0, 0.05) is 11.6 Å². The number of hydrogen-bond acceptors (Lipinski definition) is 7. The van der Waals surface area contributed by atoms with Gasteiger partial charge < -0.3 is 14.2 Å². The van der Waals surface area contributed by atoms with Crippen molar-refractivity contribution in [3.05, 3.63) is 77.3 Å². The van der Waals surface area contributed by atoms with Crippen LogP contribution >= 0.6 is 11.6 Å². The standard InChI is InChI=1S/C26H23ClN2O6/c1-32-19-14-21(34-3)20(33-2)13-16(19)23-22-24(35-29(23)15-9-5-4-6-10-15)26(31)28(25(22)30)18-12-8-7-11-17(18)27/h4-14,22-24H,1-3H3/t22-,23-,24-/m1/s1. The van der Waals surface area contributed by atoms with Gasteiger partial charge in [-0.3, -0.25) is 14.4 Å². The number of fused-ring (bicyclic) bond motifs is 1. The van der Waals surface area contributed by atoms with E-state index in [9.17, 15) is 9.59 Å². The highest BCUT2D eigenvalue weighted by Crippen LogP contribution is 2.51. The van der Waals surface area contributed by atoms with Gasteiger partial charge in [0.15, 0.2) is 17.6 Å². The summed E-state index contributed by atoms with van der Waals surface area (Å²) in [6.07, 6.45) is -1.04. The van der Waals surface area contributed by atoms with Gasteiger partial charge in [-0.25, -0.2) is 9.96 Å². The minimum absolute atomic E-state index is 0.300. The minimum Gasteiger partial charge on any atom is -0.496 e. The highest BCUT2D eigenvalue weighted by molar-refractivity contribution is 6.36. The number of hydroxylamine groups is 1. The molecule has 0 saturated carbocycles.